The molecule has 1 N–H and O–H groups in total. The zero-order valence-electron chi connectivity index (χ0n) is 10.7. The Labute approximate surface area is 126 Å². The van der Waals surface area contributed by atoms with Gasteiger partial charge in [0.15, 0.2) is 0 Å². The molecule has 2 aromatic rings. The van der Waals surface area contributed by atoms with Crippen molar-refractivity contribution < 1.29 is 9.13 Å². The van der Waals surface area contributed by atoms with Crippen molar-refractivity contribution >= 4 is 21.6 Å². The molecule has 0 spiro atoms. The molecule has 102 valence electrons. The summed E-state index contributed by atoms with van der Waals surface area (Å²) >= 11 is 3.42. The lowest BCUT2D eigenvalue weighted by Gasteiger charge is -2.12. The molecule has 0 aliphatic carbocycles. The fourth-order valence-electron chi connectivity index (χ4n) is 1.74. The van der Waals surface area contributed by atoms with Crippen molar-refractivity contribution in [2.45, 2.75) is 6.54 Å². The number of anilines is 1. The van der Waals surface area contributed by atoms with Gasteiger partial charge in [0.05, 0.1) is 0 Å². The Balaban J connectivity index is 2.11. The number of nitrogens with one attached hydrogen (secondary N) is 1. The normalized spacial score (nSPS) is 9.85. The molecule has 0 saturated heterocycles. The van der Waals surface area contributed by atoms with Crippen molar-refractivity contribution in [3.63, 3.8) is 0 Å². The van der Waals surface area contributed by atoms with E-state index < -0.39 is 0 Å². The smallest absolute Gasteiger partial charge is 0.148 e. The first-order valence-corrected chi connectivity index (χ1v) is 6.82. The van der Waals surface area contributed by atoms with E-state index in [1.54, 1.807) is 6.07 Å². The fourth-order valence-corrected chi connectivity index (χ4v) is 2.15. The molecule has 0 aliphatic heterocycles. The van der Waals surface area contributed by atoms with Crippen LogP contribution in [-0.2, 0) is 6.54 Å². The maximum absolute atomic E-state index is 13.1. The molecular weight excluding hydrogens is 321 g/mol. The lowest BCUT2D eigenvalue weighted by molar-refractivity contribution is 0.366. The number of hydrogen-bond acceptors (Lipinski definition) is 2. The maximum atomic E-state index is 13.1. The topological polar surface area (TPSA) is 21.3 Å². The summed E-state index contributed by atoms with van der Waals surface area (Å²) in [5.41, 5.74) is 1.66. The van der Waals surface area contributed by atoms with E-state index in [0.29, 0.717) is 12.2 Å². The van der Waals surface area contributed by atoms with Gasteiger partial charge in [0.2, 0.25) is 0 Å². The van der Waals surface area contributed by atoms with Gasteiger partial charge in [0.1, 0.15) is 18.2 Å². The molecule has 20 heavy (non-hydrogen) atoms. The van der Waals surface area contributed by atoms with E-state index in [4.69, 9.17) is 11.2 Å². The minimum absolute atomic E-state index is 0.217. The summed E-state index contributed by atoms with van der Waals surface area (Å²) in [5, 5.41) is 3.15. The summed E-state index contributed by atoms with van der Waals surface area (Å²) in [4.78, 5) is 0. The van der Waals surface area contributed by atoms with Gasteiger partial charge < -0.3 is 10.1 Å². The molecule has 0 aromatic heterocycles. The molecule has 0 aliphatic rings. The molecule has 0 heterocycles. The summed E-state index contributed by atoms with van der Waals surface area (Å²) in [6, 6.07) is 12.0. The van der Waals surface area contributed by atoms with E-state index in [9.17, 15) is 4.39 Å². The van der Waals surface area contributed by atoms with Gasteiger partial charge in [-0.3, -0.25) is 0 Å². The third-order valence-electron chi connectivity index (χ3n) is 2.64. The molecule has 2 nitrogen and oxygen atoms in total. The van der Waals surface area contributed by atoms with Crippen LogP contribution in [0.25, 0.3) is 0 Å². The van der Waals surface area contributed by atoms with Gasteiger partial charge >= 0.3 is 0 Å². The summed E-state index contributed by atoms with van der Waals surface area (Å²) in [6.07, 6.45) is 5.20. The Kier molecular flexibility index (Phi) is 5.03. The third-order valence-corrected chi connectivity index (χ3v) is 3.13. The highest BCUT2D eigenvalue weighted by Crippen LogP contribution is 2.24. The molecule has 0 unspecified atom stereocenters. The predicted octanol–water partition coefficient (Wildman–Crippen LogP) is 4.21. The zero-order chi connectivity index (χ0) is 14.4. The second kappa shape index (κ2) is 6.97. The van der Waals surface area contributed by atoms with Gasteiger partial charge in [-0.05, 0) is 36.4 Å². The van der Waals surface area contributed by atoms with E-state index >= 15 is 0 Å². The molecule has 2 rings (SSSR count). The van der Waals surface area contributed by atoms with Crippen LogP contribution in [0.1, 0.15) is 5.56 Å². The Morgan fingerprint density at radius 1 is 1.25 bits per heavy atom. The summed E-state index contributed by atoms with van der Waals surface area (Å²) in [6.45, 7) is 0.734. The SMILES string of the molecule is C#CCOc1ccc(Br)cc1CNc1cccc(F)c1. The number of ether oxygens (including phenoxy) is 1. The van der Waals surface area contributed by atoms with Gasteiger partial charge in [-0.2, -0.15) is 0 Å². The standard InChI is InChI=1S/C16H13BrFNO/c1-2-8-20-16-7-6-13(17)9-12(16)11-19-15-5-3-4-14(18)10-15/h1,3-7,9-10,19H,8,11H2. The van der Waals surface area contributed by atoms with E-state index in [-0.39, 0.29) is 12.4 Å². The van der Waals surface area contributed by atoms with Crippen LogP contribution < -0.4 is 10.1 Å². The van der Waals surface area contributed by atoms with Crippen molar-refractivity contribution in [2.75, 3.05) is 11.9 Å². The van der Waals surface area contributed by atoms with Gasteiger partial charge in [-0.25, -0.2) is 4.39 Å². The largest absolute Gasteiger partial charge is 0.481 e. The first-order valence-electron chi connectivity index (χ1n) is 6.03. The lowest BCUT2D eigenvalue weighted by atomic mass is 10.2. The van der Waals surface area contributed by atoms with Crippen molar-refractivity contribution in [2.24, 2.45) is 0 Å². The second-order valence-electron chi connectivity index (χ2n) is 4.11. The van der Waals surface area contributed by atoms with Crippen LogP contribution >= 0.6 is 15.9 Å². The van der Waals surface area contributed by atoms with Crippen molar-refractivity contribution in [3.8, 4) is 18.1 Å². The molecule has 2 aromatic carbocycles. The Bertz CT molecular complexity index is 637. The van der Waals surface area contributed by atoms with Gasteiger partial charge in [0, 0.05) is 22.3 Å². The van der Waals surface area contributed by atoms with E-state index in [2.05, 4.69) is 27.2 Å². The highest BCUT2D eigenvalue weighted by atomic mass is 79.9. The quantitative estimate of drug-likeness (QED) is 0.827. The van der Waals surface area contributed by atoms with Crippen LogP contribution in [0.3, 0.4) is 0 Å². The zero-order valence-corrected chi connectivity index (χ0v) is 12.3. The van der Waals surface area contributed by atoms with Crippen LogP contribution in [0.5, 0.6) is 5.75 Å². The van der Waals surface area contributed by atoms with Gasteiger partial charge in [-0.1, -0.05) is 27.9 Å². The average Bonchev–Trinajstić information content (AvgIpc) is 2.44. The second-order valence-corrected chi connectivity index (χ2v) is 5.02. The number of hydrogen-bond donors (Lipinski definition) is 1. The predicted molar refractivity (Wildman–Crippen MR) is 82.2 cm³/mol. The third kappa shape index (κ3) is 4.01. The number of terminal acetylenes is 1. The highest BCUT2D eigenvalue weighted by Gasteiger charge is 2.05. The van der Waals surface area contributed by atoms with Crippen molar-refractivity contribution in [1.29, 1.82) is 0 Å². The number of halogens is 2. The van der Waals surface area contributed by atoms with E-state index in [1.807, 2.05) is 24.3 Å². The van der Waals surface area contributed by atoms with Crippen molar-refractivity contribution in [1.82, 2.24) is 0 Å². The van der Waals surface area contributed by atoms with Gasteiger partial charge in [-0.15, -0.1) is 6.42 Å². The summed E-state index contributed by atoms with van der Waals surface area (Å²) < 4.78 is 19.5. The number of benzene rings is 2. The molecule has 0 atom stereocenters. The van der Waals surface area contributed by atoms with E-state index in [0.717, 1.165) is 15.8 Å². The first-order chi connectivity index (χ1) is 9.69. The average molecular weight is 334 g/mol. The van der Waals surface area contributed by atoms with Crippen LogP contribution in [0, 0.1) is 18.2 Å². The molecule has 0 saturated carbocycles. The molecule has 0 fully saturated rings. The summed E-state index contributed by atoms with van der Waals surface area (Å²) in [5.74, 6) is 2.88. The number of rotatable bonds is 5. The van der Waals surface area contributed by atoms with Crippen LogP contribution in [0.15, 0.2) is 46.9 Å². The van der Waals surface area contributed by atoms with Crippen LogP contribution in [0.2, 0.25) is 0 Å². The Hall–Kier alpha value is -1.99. The Morgan fingerprint density at radius 2 is 2.10 bits per heavy atom. The Morgan fingerprint density at radius 3 is 2.85 bits per heavy atom. The van der Waals surface area contributed by atoms with Crippen molar-refractivity contribution in [3.05, 3.63) is 58.3 Å². The maximum Gasteiger partial charge on any atom is 0.148 e. The first kappa shape index (κ1) is 14.4. The fraction of sp³-hybridized carbons (Fsp3) is 0.125. The molecule has 0 bridgehead atoms. The monoisotopic (exact) mass is 333 g/mol. The highest BCUT2D eigenvalue weighted by molar-refractivity contribution is 9.10. The molecule has 0 amide bonds. The minimum Gasteiger partial charge on any atom is -0.481 e. The molecule has 0 radical (unpaired) electrons. The van der Waals surface area contributed by atoms with Crippen LogP contribution in [-0.4, -0.2) is 6.61 Å². The van der Waals surface area contributed by atoms with Crippen LogP contribution in [0.4, 0.5) is 10.1 Å². The minimum atomic E-state index is -0.270. The molecular formula is C16H13BrFNO. The van der Waals surface area contributed by atoms with E-state index in [1.165, 1.54) is 12.1 Å². The lowest BCUT2D eigenvalue weighted by Crippen LogP contribution is -2.04. The molecule has 4 heteroatoms. The van der Waals surface area contributed by atoms with Gasteiger partial charge in [0.25, 0.3) is 0 Å². The summed E-state index contributed by atoms with van der Waals surface area (Å²) in [7, 11) is 0.